The van der Waals surface area contributed by atoms with Gasteiger partial charge < -0.3 is 10.6 Å². The highest BCUT2D eigenvalue weighted by Gasteiger charge is 2.11. The predicted molar refractivity (Wildman–Crippen MR) is 74.7 cm³/mol. The Labute approximate surface area is 111 Å². The zero-order valence-corrected chi connectivity index (χ0v) is 11.1. The van der Waals surface area contributed by atoms with Crippen molar-refractivity contribution in [2.45, 2.75) is 13.5 Å². The highest BCUT2D eigenvalue weighted by atomic mass is 35.5. The zero-order valence-electron chi connectivity index (χ0n) is 10.4. The third-order valence-corrected chi connectivity index (χ3v) is 3.02. The van der Waals surface area contributed by atoms with E-state index in [1.165, 1.54) is 17.5 Å². The predicted octanol–water partition coefficient (Wildman–Crippen LogP) is 2.66. The van der Waals surface area contributed by atoms with Crippen LogP contribution >= 0.6 is 11.6 Å². The van der Waals surface area contributed by atoms with Crippen molar-refractivity contribution in [2.75, 3.05) is 17.7 Å². The molecule has 0 radical (unpaired) electrons. The Kier molecular flexibility index (Phi) is 3.67. The van der Waals surface area contributed by atoms with E-state index < -0.39 is 0 Å². The number of aromatic nitrogens is 2. The first kappa shape index (κ1) is 12.6. The molecule has 0 amide bonds. The second-order valence-electron chi connectivity index (χ2n) is 4.24. The van der Waals surface area contributed by atoms with Gasteiger partial charge >= 0.3 is 0 Å². The Morgan fingerprint density at radius 1 is 1.33 bits per heavy atom. The van der Waals surface area contributed by atoms with Gasteiger partial charge in [0.1, 0.15) is 17.2 Å². The van der Waals surface area contributed by atoms with Crippen LogP contribution in [0.15, 0.2) is 30.6 Å². The maximum absolute atomic E-state index is 6.09. The zero-order chi connectivity index (χ0) is 13.1. The Bertz CT molecular complexity index is 556. The number of nitrogens with zero attached hydrogens (tertiary/aromatic N) is 3. The van der Waals surface area contributed by atoms with Crippen LogP contribution in [0, 0.1) is 6.92 Å². The Balaban J connectivity index is 2.22. The third kappa shape index (κ3) is 2.71. The molecule has 2 N–H and O–H groups in total. The van der Waals surface area contributed by atoms with Gasteiger partial charge in [0.25, 0.3) is 0 Å². The fraction of sp³-hybridized carbons (Fsp3) is 0.231. The largest absolute Gasteiger partial charge is 0.382 e. The lowest BCUT2D eigenvalue weighted by atomic mass is 10.1. The molecule has 4 nitrogen and oxygen atoms in total. The van der Waals surface area contributed by atoms with Gasteiger partial charge in [-0.15, -0.1) is 0 Å². The maximum Gasteiger partial charge on any atom is 0.153 e. The second-order valence-corrected chi connectivity index (χ2v) is 4.62. The summed E-state index contributed by atoms with van der Waals surface area (Å²) in [4.78, 5) is 9.96. The first-order valence-electron chi connectivity index (χ1n) is 5.60. The Morgan fingerprint density at radius 3 is 2.83 bits per heavy atom. The minimum absolute atomic E-state index is 0.303. The van der Waals surface area contributed by atoms with Crippen molar-refractivity contribution in [3.8, 4) is 0 Å². The molecule has 1 aromatic heterocycles. The quantitative estimate of drug-likeness (QED) is 0.924. The van der Waals surface area contributed by atoms with Crippen LogP contribution in [-0.4, -0.2) is 17.0 Å². The first-order chi connectivity index (χ1) is 8.58. The van der Waals surface area contributed by atoms with Crippen LogP contribution in [0.3, 0.4) is 0 Å². The second kappa shape index (κ2) is 5.23. The maximum atomic E-state index is 6.09. The number of benzene rings is 1. The molecule has 2 rings (SSSR count). The number of nitrogen functional groups attached to an aromatic ring is 1. The van der Waals surface area contributed by atoms with E-state index in [0.29, 0.717) is 16.7 Å². The van der Waals surface area contributed by atoms with Crippen LogP contribution in [0.2, 0.25) is 5.02 Å². The minimum atomic E-state index is 0.303. The van der Waals surface area contributed by atoms with Crippen molar-refractivity contribution in [3.05, 3.63) is 46.7 Å². The van der Waals surface area contributed by atoms with Gasteiger partial charge in [-0.3, -0.25) is 0 Å². The number of anilines is 2. The molecule has 0 bridgehead atoms. The fourth-order valence-corrected chi connectivity index (χ4v) is 2.04. The van der Waals surface area contributed by atoms with E-state index in [-0.39, 0.29) is 0 Å². The standard InChI is InChI=1S/C13H15ClN4/c1-9-4-3-5-10(6-9)7-18(2)13-11(14)12(15)16-8-17-13/h3-6,8H,7H2,1-2H3,(H2,15,16,17). The molecule has 18 heavy (non-hydrogen) atoms. The average Bonchev–Trinajstić information content (AvgIpc) is 2.32. The van der Waals surface area contributed by atoms with E-state index in [1.54, 1.807) is 0 Å². The van der Waals surface area contributed by atoms with E-state index >= 15 is 0 Å². The van der Waals surface area contributed by atoms with Crippen molar-refractivity contribution in [2.24, 2.45) is 0 Å². The van der Waals surface area contributed by atoms with Crippen LogP contribution in [0.5, 0.6) is 0 Å². The van der Waals surface area contributed by atoms with Crippen LogP contribution < -0.4 is 10.6 Å². The molecular weight excluding hydrogens is 248 g/mol. The average molecular weight is 263 g/mol. The molecule has 1 heterocycles. The summed E-state index contributed by atoms with van der Waals surface area (Å²) in [6, 6.07) is 8.31. The summed E-state index contributed by atoms with van der Waals surface area (Å²) < 4.78 is 0. The molecule has 0 fully saturated rings. The molecule has 0 aliphatic heterocycles. The van der Waals surface area contributed by atoms with Crippen molar-refractivity contribution in [3.63, 3.8) is 0 Å². The molecule has 94 valence electrons. The summed E-state index contributed by atoms with van der Waals surface area (Å²) in [5.41, 5.74) is 8.10. The van der Waals surface area contributed by atoms with Crippen molar-refractivity contribution >= 4 is 23.2 Å². The first-order valence-corrected chi connectivity index (χ1v) is 5.98. The molecule has 0 atom stereocenters. The highest BCUT2D eigenvalue weighted by Crippen LogP contribution is 2.26. The summed E-state index contributed by atoms with van der Waals surface area (Å²) in [5.74, 6) is 0.948. The van der Waals surface area contributed by atoms with Crippen LogP contribution in [0.4, 0.5) is 11.6 Å². The van der Waals surface area contributed by atoms with Gasteiger partial charge in [-0.05, 0) is 12.5 Å². The van der Waals surface area contributed by atoms with Crippen molar-refractivity contribution < 1.29 is 0 Å². The van der Waals surface area contributed by atoms with Crippen LogP contribution in [0.1, 0.15) is 11.1 Å². The van der Waals surface area contributed by atoms with Crippen molar-refractivity contribution in [1.29, 1.82) is 0 Å². The smallest absolute Gasteiger partial charge is 0.153 e. The molecule has 0 aliphatic rings. The number of aryl methyl sites for hydroxylation is 1. The molecule has 0 aliphatic carbocycles. The van der Waals surface area contributed by atoms with E-state index in [4.69, 9.17) is 17.3 Å². The van der Waals surface area contributed by atoms with E-state index in [0.717, 1.165) is 6.54 Å². The summed E-state index contributed by atoms with van der Waals surface area (Å²) >= 11 is 6.09. The molecule has 1 aromatic carbocycles. The number of nitrogens with two attached hydrogens (primary N) is 1. The Morgan fingerprint density at radius 2 is 2.11 bits per heavy atom. The monoisotopic (exact) mass is 262 g/mol. The van der Waals surface area contributed by atoms with E-state index in [9.17, 15) is 0 Å². The van der Waals surface area contributed by atoms with E-state index in [1.807, 2.05) is 18.0 Å². The fourth-order valence-electron chi connectivity index (χ4n) is 1.80. The summed E-state index contributed by atoms with van der Waals surface area (Å²) in [5, 5.41) is 0.396. The summed E-state index contributed by atoms with van der Waals surface area (Å²) in [6.07, 6.45) is 1.42. The lowest BCUT2D eigenvalue weighted by molar-refractivity contribution is 0.891. The molecule has 0 unspecified atom stereocenters. The molecule has 0 saturated heterocycles. The van der Waals surface area contributed by atoms with Gasteiger partial charge in [-0.2, -0.15) is 0 Å². The van der Waals surface area contributed by atoms with Gasteiger partial charge in [-0.1, -0.05) is 41.4 Å². The molecule has 5 heteroatoms. The summed E-state index contributed by atoms with van der Waals surface area (Å²) in [7, 11) is 1.93. The lowest BCUT2D eigenvalue weighted by Crippen LogP contribution is -2.18. The number of hydrogen-bond acceptors (Lipinski definition) is 4. The van der Waals surface area contributed by atoms with Gasteiger partial charge in [0, 0.05) is 13.6 Å². The van der Waals surface area contributed by atoms with Gasteiger partial charge in [0.05, 0.1) is 0 Å². The number of halogens is 1. The normalized spacial score (nSPS) is 10.4. The molecule has 0 saturated carbocycles. The Hall–Kier alpha value is -1.81. The molecular formula is C13H15ClN4. The molecule has 0 spiro atoms. The SMILES string of the molecule is Cc1cccc(CN(C)c2ncnc(N)c2Cl)c1. The van der Waals surface area contributed by atoms with Gasteiger partial charge in [0.2, 0.25) is 0 Å². The summed E-state index contributed by atoms with van der Waals surface area (Å²) in [6.45, 7) is 2.79. The van der Waals surface area contributed by atoms with Crippen molar-refractivity contribution in [1.82, 2.24) is 9.97 Å². The van der Waals surface area contributed by atoms with Crippen LogP contribution in [0.25, 0.3) is 0 Å². The number of hydrogen-bond donors (Lipinski definition) is 1. The van der Waals surface area contributed by atoms with Crippen LogP contribution in [-0.2, 0) is 6.54 Å². The lowest BCUT2D eigenvalue weighted by Gasteiger charge is -2.19. The minimum Gasteiger partial charge on any atom is -0.382 e. The molecule has 2 aromatic rings. The third-order valence-electron chi connectivity index (χ3n) is 2.66. The van der Waals surface area contributed by atoms with E-state index in [2.05, 4.69) is 35.1 Å². The number of rotatable bonds is 3. The highest BCUT2D eigenvalue weighted by molar-refractivity contribution is 6.35. The van der Waals surface area contributed by atoms with Gasteiger partial charge in [0.15, 0.2) is 5.82 Å². The topological polar surface area (TPSA) is 55.0 Å². The van der Waals surface area contributed by atoms with Gasteiger partial charge in [-0.25, -0.2) is 9.97 Å².